The zero-order chi connectivity index (χ0) is 36.7. The third-order valence-corrected chi connectivity index (χ3v) is 10.0. The highest BCUT2D eigenvalue weighted by Gasteiger charge is 2.28. The van der Waals surface area contributed by atoms with Crippen LogP contribution in [0.5, 0.6) is 5.75 Å². The summed E-state index contributed by atoms with van der Waals surface area (Å²) in [5.74, 6) is 3.32. The summed E-state index contributed by atoms with van der Waals surface area (Å²) in [6, 6.07) is 20.2. The highest BCUT2D eigenvalue weighted by atomic mass is 16.6. The Morgan fingerprint density at radius 1 is 1.10 bits per heavy atom. The van der Waals surface area contributed by atoms with Crippen LogP contribution in [-0.2, 0) is 28.8 Å². The van der Waals surface area contributed by atoms with E-state index in [2.05, 4.69) is 51.7 Å². The summed E-state index contributed by atoms with van der Waals surface area (Å²) in [6.07, 6.45) is 7.93. The summed E-state index contributed by atoms with van der Waals surface area (Å²) in [4.78, 5) is 30.3. The fourth-order valence-electron chi connectivity index (χ4n) is 7.21. The number of benzene rings is 2. The lowest BCUT2D eigenvalue weighted by atomic mass is 9.92. The molecular formula is C42H51N7O3. The van der Waals surface area contributed by atoms with Gasteiger partial charge in [-0.2, -0.15) is 5.26 Å². The molecule has 52 heavy (non-hydrogen) atoms. The first-order valence-corrected chi connectivity index (χ1v) is 18.6. The fraction of sp³-hybridized carbons (Fsp3) is 0.452. The largest absolute Gasteiger partial charge is 0.496 e. The molecule has 4 aromatic rings. The third-order valence-electron chi connectivity index (χ3n) is 10.0. The van der Waals surface area contributed by atoms with Gasteiger partial charge in [0.15, 0.2) is 0 Å². The molecule has 6 rings (SSSR count). The Labute approximate surface area is 308 Å². The Morgan fingerprint density at radius 2 is 1.88 bits per heavy atom. The molecule has 10 heteroatoms. The predicted molar refractivity (Wildman–Crippen MR) is 206 cm³/mol. The van der Waals surface area contributed by atoms with E-state index in [0.29, 0.717) is 30.9 Å². The lowest BCUT2D eigenvalue weighted by molar-refractivity contribution is -0.159. The van der Waals surface area contributed by atoms with Crippen molar-refractivity contribution >= 4 is 23.4 Å². The van der Waals surface area contributed by atoms with Crippen molar-refractivity contribution in [2.75, 3.05) is 48.8 Å². The third kappa shape index (κ3) is 8.82. The molecule has 0 saturated carbocycles. The zero-order valence-electron chi connectivity index (χ0n) is 31.2. The van der Waals surface area contributed by atoms with Crippen LogP contribution in [0.4, 0.5) is 17.5 Å². The SMILES string of the molecule is CCc1c(NC[C@H](CCc2ccc(-c3ccc(C#N)cc3)c(OC)c2)C(=O)OC(C)(C)C)ncnc1N1CCC(c2ccc3c(n2)NCCC3)CC1. The summed E-state index contributed by atoms with van der Waals surface area (Å²) in [5, 5.41) is 16.2. The Morgan fingerprint density at radius 3 is 2.60 bits per heavy atom. The van der Waals surface area contributed by atoms with Crippen LogP contribution in [0.1, 0.15) is 87.2 Å². The number of ether oxygens (including phenoxy) is 2. The second-order valence-electron chi connectivity index (χ2n) is 14.8. The van der Waals surface area contributed by atoms with Crippen molar-refractivity contribution in [2.24, 2.45) is 5.92 Å². The topological polar surface area (TPSA) is 125 Å². The number of hydrogen-bond acceptors (Lipinski definition) is 10. The molecule has 1 saturated heterocycles. The van der Waals surface area contributed by atoms with Crippen LogP contribution in [0.2, 0.25) is 0 Å². The molecule has 1 fully saturated rings. The summed E-state index contributed by atoms with van der Waals surface area (Å²) in [6.45, 7) is 11.0. The van der Waals surface area contributed by atoms with Crippen molar-refractivity contribution < 1.29 is 14.3 Å². The van der Waals surface area contributed by atoms with Gasteiger partial charge in [-0.15, -0.1) is 0 Å². The molecular weight excluding hydrogens is 651 g/mol. The maximum atomic E-state index is 13.6. The summed E-state index contributed by atoms with van der Waals surface area (Å²) in [7, 11) is 1.66. The molecule has 0 spiro atoms. The Hall–Kier alpha value is -5.17. The van der Waals surface area contributed by atoms with E-state index in [9.17, 15) is 10.1 Å². The minimum Gasteiger partial charge on any atom is -0.496 e. The smallest absolute Gasteiger partial charge is 0.311 e. The number of aryl methyl sites for hydroxylation is 2. The molecule has 2 N–H and O–H groups in total. The first kappa shape index (κ1) is 36.6. The van der Waals surface area contributed by atoms with E-state index in [0.717, 1.165) is 97.2 Å². The Bertz CT molecular complexity index is 1890. The lowest BCUT2D eigenvalue weighted by Gasteiger charge is -2.34. The number of fused-ring (bicyclic) bond motifs is 1. The number of piperidine rings is 1. The molecule has 4 heterocycles. The van der Waals surface area contributed by atoms with Crippen molar-refractivity contribution in [2.45, 2.75) is 84.2 Å². The van der Waals surface area contributed by atoms with E-state index >= 15 is 0 Å². The number of methoxy groups -OCH3 is 1. The van der Waals surface area contributed by atoms with Crippen LogP contribution in [0, 0.1) is 17.2 Å². The molecule has 2 aromatic heterocycles. The summed E-state index contributed by atoms with van der Waals surface area (Å²) in [5.41, 5.74) is 6.56. The first-order valence-electron chi connectivity index (χ1n) is 18.6. The van der Waals surface area contributed by atoms with Crippen LogP contribution in [0.3, 0.4) is 0 Å². The van der Waals surface area contributed by atoms with Gasteiger partial charge in [0.2, 0.25) is 0 Å². The van der Waals surface area contributed by atoms with Crippen molar-refractivity contribution in [3.63, 3.8) is 0 Å². The first-order chi connectivity index (χ1) is 25.1. The van der Waals surface area contributed by atoms with Crippen LogP contribution >= 0.6 is 0 Å². The number of pyridine rings is 1. The number of nitriles is 1. The predicted octanol–water partition coefficient (Wildman–Crippen LogP) is 7.73. The van der Waals surface area contributed by atoms with Gasteiger partial charge in [-0.1, -0.05) is 37.3 Å². The van der Waals surface area contributed by atoms with Gasteiger partial charge in [0.05, 0.1) is 24.7 Å². The summed E-state index contributed by atoms with van der Waals surface area (Å²) >= 11 is 0. The molecule has 272 valence electrons. The maximum absolute atomic E-state index is 13.6. The molecule has 0 unspecified atom stereocenters. The van der Waals surface area contributed by atoms with Crippen LogP contribution < -0.4 is 20.3 Å². The number of hydrogen-bond donors (Lipinski definition) is 2. The van der Waals surface area contributed by atoms with Gasteiger partial charge >= 0.3 is 5.97 Å². The van der Waals surface area contributed by atoms with Crippen molar-refractivity contribution in [3.05, 3.63) is 88.9 Å². The number of rotatable bonds is 12. The van der Waals surface area contributed by atoms with Gasteiger partial charge in [0.25, 0.3) is 0 Å². The molecule has 10 nitrogen and oxygen atoms in total. The lowest BCUT2D eigenvalue weighted by Crippen LogP contribution is -2.35. The van der Waals surface area contributed by atoms with Gasteiger partial charge < -0.3 is 25.0 Å². The maximum Gasteiger partial charge on any atom is 0.311 e. The van der Waals surface area contributed by atoms with Crippen molar-refractivity contribution in [1.82, 2.24) is 15.0 Å². The number of carbonyl (C=O) groups is 1. The van der Waals surface area contributed by atoms with Gasteiger partial charge in [0.1, 0.15) is 35.1 Å². The van der Waals surface area contributed by atoms with Crippen molar-refractivity contribution in [1.29, 1.82) is 5.26 Å². The number of nitrogens with one attached hydrogen (secondary N) is 2. The van der Waals surface area contributed by atoms with E-state index in [-0.39, 0.29) is 5.97 Å². The Kier molecular flexibility index (Phi) is 11.6. The monoisotopic (exact) mass is 701 g/mol. The second-order valence-corrected chi connectivity index (χ2v) is 14.8. The minimum absolute atomic E-state index is 0.235. The standard InChI is InChI=1S/C42H51N7O3/c1-6-34-39(46-27-47-40(34)49-22-19-31(20-23-49)36-18-16-32-8-7-21-44-38(32)48-36)45-26-33(41(50)52-42(2,3)4)15-9-28-12-17-35(37(24-28)51-5)30-13-10-29(25-43)11-14-30/h10-14,16-18,24,27,31,33H,6-9,15,19-23,26H2,1-5H3,(H,44,48)(H,45,46,47)/t33-/m0/s1. The van der Waals surface area contributed by atoms with Crippen LogP contribution in [0.25, 0.3) is 11.1 Å². The average molecular weight is 702 g/mol. The fourth-order valence-corrected chi connectivity index (χ4v) is 7.21. The molecule has 2 aliphatic rings. The number of nitrogens with zero attached hydrogens (tertiary/aromatic N) is 5. The van der Waals surface area contributed by atoms with E-state index in [1.54, 1.807) is 25.6 Å². The molecule has 1 atom stereocenters. The molecule has 0 amide bonds. The molecule has 2 aliphatic heterocycles. The van der Waals surface area contributed by atoms with E-state index in [1.807, 2.05) is 45.0 Å². The molecule has 0 aliphatic carbocycles. The molecule has 2 aromatic carbocycles. The second kappa shape index (κ2) is 16.4. The molecule has 0 bridgehead atoms. The zero-order valence-corrected chi connectivity index (χ0v) is 31.2. The van der Waals surface area contributed by atoms with Gasteiger partial charge in [-0.25, -0.2) is 15.0 Å². The average Bonchev–Trinajstić information content (AvgIpc) is 3.16. The number of esters is 1. The minimum atomic E-state index is -0.602. The Balaban J connectivity index is 1.13. The van der Waals surface area contributed by atoms with E-state index in [4.69, 9.17) is 19.4 Å². The summed E-state index contributed by atoms with van der Waals surface area (Å²) < 4.78 is 11.7. The number of anilines is 3. The quantitative estimate of drug-likeness (QED) is 0.142. The molecule has 0 radical (unpaired) electrons. The van der Waals surface area contributed by atoms with Crippen LogP contribution in [0.15, 0.2) is 60.9 Å². The van der Waals surface area contributed by atoms with Crippen molar-refractivity contribution in [3.8, 4) is 22.9 Å². The van der Waals surface area contributed by atoms with Crippen LogP contribution in [-0.4, -0.2) is 59.8 Å². The normalized spacial score (nSPS) is 15.2. The van der Waals surface area contributed by atoms with Gasteiger partial charge in [0, 0.05) is 48.9 Å². The highest BCUT2D eigenvalue weighted by Crippen LogP contribution is 2.35. The number of carbonyl (C=O) groups excluding carboxylic acids is 1. The van der Waals surface area contributed by atoms with E-state index in [1.165, 1.54) is 11.3 Å². The van der Waals surface area contributed by atoms with Gasteiger partial charge in [-0.3, -0.25) is 4.79 Å². The van der Waals surface area contributed by atoms with E-state index < -0.39 is 11.5 Å². The highest BCUT2D eigenvalue weighted by molar-refractivity contribution is 5.74. The number of aromatic nitrogens is 3. The van der Waals surface area contributed by atoms with Gasteiger partial charge in [-0.05, 0) is 107 Å².